The maximum Gasteiger partial charge on any atom is 0.264 e. The van der Waals surface area contributed by atoms with Crippen molar-refractivity contribution in [1.82, 2.24) is 0 Å². The first kappa shape index (κ1) is 12.4. The molecule has 0 spiro atoms. The number of carbonyl (C=O) groups excluding carboxylic acids is 2. The first-order valence-electron chi connectivity index (χ1n) is 5.56. The predicted molar refractivity (Wildman–Crippen MR) is 66.1 cm³/mol. The summed E-state index contributed by atoms with van der Waals surface area (Å²) in [5, 5.41) is 0. The molecule has 4 N–H and O–H groups in total. The molecule has 2 amide bonds. The summed E-state index contributed by atoms with van der Waals surface area (Å²) in [7, 11) is 1.67. The van der Waals surface area contributed by atoms with E-state index in [0.717, 1.165) is 5.56 Å². The molecule has 0 bridgehead atoms. The fourth-order valence-electron chi connectivity index (χ4n) is 1.85. The second-order valence-electron chi connectivity index (χ2n) is 4.25. The van der Waals surface area contributed by atoms with Crippen LogP contribution in [0, 0.1) is 0 Å². The molecule has 1 aliphatic heterocycles. The number of benzene rings is 1. The summed E-state index contributed by atoms with van der Waals surface area (Å²) in [5.74, 6) is 0.0520. The van der Waals surface area contributed by atoms with Gasteiger partial charge in [-0.15, -0.1) is 0 Å². The fraction of sp³-hybridized carbons (Fsp3) is 0.333. The minimum atomic E-state index is -0.474. The molecule has 1 aromatic carbocycles. The van der Waals surface area contributed by atoms with Crippen LogP contribution in [-0.4, -0.2) is 25.5 Å². The molecule has 0 saturated carbocycles. The molecule has 0 radical (unpaired) electrons. The van der Waals surface area contributed by atoms with Crippen molar-refractivity contribution in [3.05, 3.63) is 23.8 Å². The smallest absolute Gasteiger partial charge is 0.264 e. The van der Waals surface area contributed by atoms with E-state index in [9.17, 15) is 9.59 Å². The Hall–Kier alpha value is -2.08. The number of hydrogen-bond donors (Lipinski definition) is 2. The normalized spacial score (nSPS) is 15.9. The van der Waals surface area contributed by atoms with Crippen LogP contribution in [0.15, 0.2) is 18.2 Å². The van der Waals surface area contributed by atoms with E-state index in [1.165, 1.54) is 4.90 Å². The molecule has 1 atom stereocenters. The Balaban J connectivity index is 2.31. The maximum atomic E-state index is 11.5. The monoisotopic (exact) mass is 249 g/mol. The van der Waals surface area contributed by atoms with Crippen molar-refractivity contribution in [2.45, 2.75) is 12.5 Å². The number of carbonyl (C=O) groups is 2. The maximum absolute atomic E-state index is 11.5. The van der Waals surface area contributed by atoms with Crippen LogP contribution < -0.4 is 21.1 Å². The summed E-state index contributed by atoms with van der Waals surface area (Å²) < 4.78 is 5.30. The van der Waals surface area contributed by atoms with Crippen LogP contribution in [0.25, 0.3) is 0 Å². The Morgan fingerprint density at radius 3 is 2.94 bits per heavy atom. The van der Waals surface area contributed by atoms with Gasteiger partial charge >= 0.3 is 0 Å². The summed E-state index contributed by atoms with van der Waals surface area (Å²) >= 11 is 0. The molecule has 0 fully saturated rings. The summed E-state index contributed by atoms with van der Waals surface area (Å²) in [6, 6.07) is 4.79. The number of nitrogens with two attached hydrogens (primary N) is 2. The quantitative estimate of drug-likeness (QED) is 0.782. The molecule has 1 aliphatic rings. The van der Waals surface area contributed by atoms with Gasteiger partial charge in [-0.1, -0.05) is 6.07 Å². The van der Waals surface area contributed by atoms with Crippen molar-refractivity contribution in [3.8, 4) is 5.75 Å². The standard InChI is InChI=1S/C12H15N3O3/c1-15-9-4-7(8(13)5-11(14)16)2-3-10(9)18-6-12(15)17/h2-4,8H,5-6,13H2,1H3,(H2,14,16). The highest BCUT2D eigenvalue weighted by atomic mass is 16.5. The second kappa shape index (κ2) is 4.66. The largest absolute Gasteiger partial charge is 0.482 e. The van der Waals surface area contributed by atoms with Crippen LogP contribution >= 0.6 is 0 Å². The molecule has 1 unspecified atom stereocenters. The molecule has 96 valence electrons. The molecule has 1 aromatic rings. The Morgan fingerprint density at radius 2 is 2.28 bits per heavy atom. The minimum Gasteiger partial charge on any atom is -0.482 e. The first-order chi connectivity index (χ1) is 8.49. The van der Waals surface area contributed by atoms with Gasteiger partial charge in [0.25, 0.3) is 5.91 Å². The lowest BCUT2D eigenvalue weighted by molar-refractivity contribution is -0.121. The van der Waals surface area contributed by atoms with Crippen molar-refractivity contribution in [2.24, 2.45) is 11.5 Å². The molecular formula is C12H15N3O3. The Kier molecular flexibility index (Phi) is 3.20. The molecule has 1 heterocycles. The van der Waals surface area contributed by atoms with Crippen LogP contribution in [0.1, 0.15) is 18.0 Å². The van der Waals surface area contributed by atoms with Crippen LogP contribution in [-0.2, 0) is 9.59 Å². The van der Waals surface area contributed by atoms with Crippen LogP contribution in [0.3, 0.4) is 0 Å². The highest BCUT2D eigenvalue weighted by Gasteiger charge is 2.23. The van der Waals surface area contributed by atoms with E-state index in [0.29, 0.717) is 11.4 Å². The number of likely N-dealkylation sites (N-methyl/N-ethyl adjacent to an activating group) is 1. The Labute approximate surface area is 104 Å². The van der Waals surface area contributed by atoms with Gasteiger partial charge in [0.1, 0.15) is 5.75 Å². The number of hydrogen-bond acceptors (Lipinski definition) is 4. The number of amides is 2. The van der Waals surface area contributed by atoms with Crippen molar-refractivity contribution in [1.29, 1.82) is 0 Å². The van der Waals surface area contributed by atoms with Crippen LogP contribution in [0.2, 0.25) is 0 Å². The SMILES string of the molecule is CN1C(=O)COc2ccc(C(N)CC(N)=O)cc21. The van der Waals surface area contributed by atoms with Crippen LogP contribution in [0.5, 0.6) is 5.75 Å². The van der Waals surface area contributed by atoms with Gasteiger partial charge in [-0.2, -0.15) is 0 Å². The number of fused-ring (bicyclic) bond motifs is 1. The second-order valence-corrected chi connectivity index (χ2v) is 4.25. The van der Waals surface area contributed by atoms with Gasteiger partial charge in [-0.25, -0.2) is 0 Å². The van der Waals surface area contributed by atoms with Crippen molar-refractivity contribution < 1.29 is 14.3 Å². The van der Waals surface area contributed by atoms with Gasteiger partial charge in [-0.3, -0.25) is 9.59 Å². The van der Waals surface area contributed by atoms with Gasteiger partial charge in [0.2, 0.25) is 5.91 Å². The minimum absolute atomic E-state index is 0.0379. The third kappa shape index (κ3) is 2.28. The number of primary amides is 1. The Morgan fingerprint density at radius 1 is 1.56 bits per heavy atom. The zero-order valence-electron chi connectivity index (χ0n) is 10.1. The van der Waals surface area contributed by atoms with E-state index >= 15 is 0 Å². The fourth-order valence-corrected chi connectivity index (χ4v) is 1.85. The van der Waals surface area contributed by atoms with E-state index in [2.05, 4.69) is 0 Å². The van der Waals surface area contributed by atoms with Gasteiger partial charge in [0.15, 0.2) is 6.61 Å². The number of ether oxygens (including phenoxy) is 1. The van der Waals surface area contributed by atoms with E-state index in [1.54, 1.807) is 25.2 Å². The molecule has 0 aliphatic carbocycles. The van der Waals surface area contributed by atoms with Gasteiger partial charge in [0.05, 0.1) is 5.69 Å². The van der Waals surface area contributed by atoms with E-state index in [-0.39, 0.29) is 18.9 Å². The zero-order chi connectivity index (χ0) is 13.3. The van der Waals surface area contributed by atoms with E-state index in [1.807, 2.05) is 0 Å². The number of anilines is 1. The highest BCUT2D eigenvalue weighted by molar-refractivity contribution is 5.97. The summed E-state index contributed by atoms with van der Waals surface area (Å²) in [5.41, 5.74) is 12.4. The zero-order valence-corrected chi connectivity index (χ0v) is 10.1. The highest BCUT2D eigenvalue weighted by Crippen LogP contribution is 2.33. The topological polar surface area (TPSA) is 98.7 Å². The lowest BCUT2D eigenvalue weighted by atomic mass is 10.0. The van der Waals surface area contributed by atoms with Crippen molar-refractivity contribution >= 4 is 17.5 Å². The van der Waals surface area contributed by atoms with Crippen LogP contribution in [0.4, 0.5) is 5.69 Å². The van der Waals surface area contributed by atoms with Gasteiger partial charge in [0, 0.05) is 19.5 Å². The molecular weight excluding hydrogens is 234 g/mol. The predicted octanol–water partition coefficient (Wildman–Crippen LogP) is -0.0830. The summed E-state index contributed by atoms with van der Waals surface area (Å²) in [4.78, 5) is 23.9. The lowest BCUT2D eigenvalue weighted by Crippen LogP contribution is -2.35. The van der Waals surface area contributed by atoms with Crippen molar-refractivity contribution in [3.63, 3.8) is 0 Å². The van der Waals surface area contributed by atoms with Gasteiger partial charge < -0.3 is 21.1 Å². The average Bonchev–Trinajstić information content (AvgIpc) is 2.33. The molecule has 18 heavy (non-hydrogen) atoms. The van der Waals surface area contributed by atoms with Gasteiger partial charge in [-0.05, 0) is 17.7 Å². The number of rotatable bonds is 3. The van der Waals surface area contributed by atoms with Crippen molar-refractivity contribution in [2.75, 3.05) is 18.6 Å². The molecule has 0 saturated heterocycles. The first-order valence-corrected chi connectivity index (χ1v) is 5.56. The van der Waals surface area contributed by atoms with E-state index in [4.69, 9.17) is 16.2 Å². The summed E-state index contributed by atoms with van der Waals surface area (Å²) in [6.07, 6.45) is 0.0668. The summed E-state index contributed by atoms with van der Waals surface area (Å²) in [6.45, 7) is 0.0379. The Bertz CT molecular complexity index is 501. The molecule has 6 nitrogen and oxygen atoms in total. The average molecular weight is 249 g/mol. The molecule has 0 aromatic heterocycles. The molecule has 2 rings (SSSR count). The lowest BCUT2D eigenvalue weighted by Gasteiger charge is -2.27. The molecule has 6 heteroatoms. The third-order valence-electron chi connectivity index (χ3n) is 2.92. The van der Waals surface area contributed by atoms with E-state index < -0.39 is 11.9 Å². The third-order valence-corrected chi connectivity index (χ3v) is 2.92. The number of nitrogens with zero attached hydrogens (tertiary/aromatic N) is 1.